The molecule has 1 rings (SSSR count). The van der Waals surface area contributed by atoms with Gasteiger partial charge in [0.15, 0.2) is 0 Å². The summed E-state index contributed by atoms with van der Waals surface area (Å²) in [5, 5.41) is 25.8. The first-order chi connectivity index (χ1) is 20.7. The molecule has 11 nitrogen and oxygen atoms in total. The molecule has 254 valence electrons. The van der Waals surface area contributed by atoms with Crippen molar-refractivity contribution in [2.45, 2.75) is 130 Å². The highest BCUT2D eigenvalue weighted by atomic mass is 32.2. The topological polar surface area (TPSA) is 166 Å². The Bertz CT molecular complexity index is 933. The summed E-state index contributed by atoms with van der Waals surface area (Å²) in [4.78, 5) is 64.3. The molecular weight excluding hydrogens is 582 g/mol. The first-order valence-electron chi connectivity index (χ1n) is 16.3. The number of hydrogen-bond acceptors (Lipinski definition) is 7. The van der Waals surface area contributed by atoms with Gasteiger partial charge in [-0.05, 0) is 75.2 Å². The number of unbranched alkanes of at least 4 members (excludes halogenated alkanes) is 1. The summed E-state index contributed by atoms with van der Waals surface area (Å²) in [6.45, 7) is 13.5. The summed E-state index contributed by atoms with van der Waals surface area (Å²) >= 11 is 1.55. The molecule has 0 aromatic heterocycles. The van der Waals surface area contributed by atoms with Gasteiger partial charge in [0, 0.05) is 19.4 Å². The lowest BCUT2D eigenvalue weighted by Crippen LogP contribution is -2.57. The van der Waals surface area contributed by atoms with E-state index in [0.717, 1.165) is 19.3 Å². The molecule has 1 saturated carbocycles. The van der Waals surface area contributed by atoms with Crippen LogP contribution in [-0.4, -0.2) is 83.5 Å². The Labute approximate surface area is 269 Å². The van der Waals surface area contributed by atoms with E-state index in [9.17, 15) is 29.1 Å². The maximum Gasteiger partial charge on any atom is 0.243 e. The highest BCUT2D eigenvalue weighted by molar-refractivity contribution is 7.98. The molecule has 0 spiro atoms. The molecule has 5 amide bonds. The van der Waals surface area contributed by atoms with E-state index in [0.29, 0.717) is 44.4 Å². The van der Waals surface area contributed by atoms with Crippen molar-refractivity contribution in [3.05, 3.63) is 0 Å². The maximum atomic E-state index is 13.6. The highest BCUT2D eigenvalue weighted by Crippen LogP contribution is 2.36. The first kappa shape index (κ1) is 39.7. The van der Waals surface area contributed by atoms with Crippen LogP contribution >= 0.6 is 11.8 Å². The summed E-state index contributed by atoms with van der Waals surface area (Å²) in [6, 6.07) is -2.94. The fraction of sp³-hybridized carbons (Fsp3) is 0.844. The van der Waals surface area contributed by atoms with E-state index in [4.69, 9.17) is 0 Å². The van der Waals surface area contributed by atoms with E-state index in [1.54, 1.807) is 18.7 Å². The van der Waals surface area contributed by atoms with Crippen molar-refractivity contribution in [1.29, 1.82) is 0 Å². The molecule has 0 radical (unpaired) electrons. The Morgan fingerprint density at radius 3 is 2.05 bits per heavy atom. The van der Waals surface area contributed by atoms with Crippen molar-refractivity contribution in [2.75, 3.05) is 18.6 Å². The van der Waals surface area contributed by atoms with Crippen molar-refractivity contribution in [3.63, 3.8) is 0 Å². The largest absolute Gasteiger partial charge is 0.391 e. The lowest BCUT2D eigenvalue weighted by Gasteiger charge is -2.34. The molecule has 0 aromatic carbocycles. The Morgan fingerprint density at radius 2 is 1.48 bits per heavy atom. The van der Waals surface area contributed by atoms with Crippen LogP contribution in [0.2, 0.25) is 0 Å². The molecule has 0 aliphatic heterocycles. The number of aliphatic hydroxyl groups excluding tert-OH is 1. The molecule has 1 aliphatic carbocycles. The molecule has 0 aromatic rings. The molecule has 1 fully saturated rings. The van der Waals surface area contributed by atoms with Gasteiger partial charge in [-0.3, -0.25) is 24.0 Å². The number of rotatable bonds is 20. The second-order valence-electron chi connectivity index (χ2n) is 13.0. The van der Waals surface area contributed by atoms with Gasteiger partial charge in [-0.2, -0.15) is 11.8 Å². The average Bonchev–Trinajstić information content (AvgIpc) is 3.43. The van der Waals surface area contributed by atoms with Gasteiger partial charge in [-0.1, -0.05) is 47.5 Å². The lowest BCUT2D eigenvalue weighted by molar-refractivity contribution is -0.134. The van der Waals surface area contributed by atoms with E-state index in [1.807, 2.05) is 40.9 Å². The standard InChI is InChI=1S/C32H59N5O6S/c1-9-10-15-33-29(40)21(6)34-30(41)24-13-11-12-23(24)28(39)26(17-19(2)3)37-31(42)25(14-16-44-8)36-32(43)27(18-20(4)5)35-22(7)38/h19-21,23-28,39H,9-18H2,1-8H3,(H,33,40)(H,34,41)(H,35,38)(H,36,43)(H,37,42)/t21-,23+,24+,25-,26-,27-,28-/m0/s1. The third-order valence-electron chi connectivity index (χ3n) is 8.04. The van der Waals surface area contributed by atoms with E-state index in [1.165, 1.54) is 6.92 Å². The molecular formula is C32H59N5O6S. The van der Waals surface area contributed by atoms with Gasteiger partial charge in [-0.25, -0.2) is 0 Å². The van der Waals surface area contributed by atoms with Crippen LogP contribution < -0.4 is 26.6 Å². The Balaban J connectivity index is 3.06. The van der Waals surface area contributed by atoms with E-state index in [-0.39, 0.29) is 35.5 Å². The quantitative estimate of drug-likeness (QED) is 0.111. The van der Waals surface area contributed by atoms with Crippen molar-refractivity contribution < 1.29 is 29.1 Å². The van der Waals surface area contributed by atoms with Gasteiger partial charge in [0.2, 0.25) is 29.5 Å². The zero-order chi connectivity index (χ0) is 33.4. The number of aliphatic hydroxyl groups is 1. The molecule has 12 heteroatoms. The lowest BCUT2D eigenvalue weighted by atomic mass is 9.83. The van der Waals surface area contributed by atoms with Gasteiger partial charge >= 0.3 is 0 Å². The third kappa shape index (κ3) is 14.2. The number of nitrogens with one attached hydrogen (secondary N) is 5. The summed E-state index contributed by atoms with van der Waals surface area (Å²) < 4.78 is 0. The van der Waals surface area contributed by atoms with Gasteiger partial charge < -0.3 is 31.7 Å². The summed E-state index contributed by atoms with van der Waals surface area (Å²) in [7, 11) is 0. The number of amides is 5. The van der Waals surface area contributed by atoms with E-state index >= 15 is 0 Å². The fourth-order valence-electron chi connectivity index (χ4n) is 5.75. The predicted octanol–water partition coefficient (Wildman–Crippen LogP) is 2.50. The fourth-order valence-corrected chi connectivity index (χ4v) is 6.22. The smallest absolute Gasteiger partial charge is 0.243 e. The average molecular weight is 642 g/mol. The van der Waals surface area contributed by atoms with Crippen molar-refractivity contribution in [2.24, 2.45) is 23.7 Å². The molecule has 7 atom stereocenters. The predicted molar refractivity (Wildman–Crippen MR) is 176 cm³/mol. The summed E-state index contributed by atoms with van der Waals surface area (Å²) in [5.74, 6) is -1.60. The van der Waals surface area contributed by atoms with Gasteiger partial charge in [0.25, 0.3) is 0 Å². The van der Waals surface area contributed by atoms with Crippen molar-refractivity contribution >= 4 is 41.3 Å². The molecule has 0 unspecified atom stereocenters. The molecule has 0 bridgehead atoms. The zero-order valence-corrected chi connectivity index (χ0v) is 29.0. The third-order valence-corrected chi connectivity index (χ3v) is 8.68. The van der Waals surface area contributed by atoms with Crippen LogP contribution in [0.4, 0.5) is 0 Å². The maximum absolute atomic E-state index is 13.6. The van der Waals surface area contributed by atoms with Crippen LogP contribution in [0.1, 0.15) is 99.8 Å². The monoisotopic (exact) mass is 641 g/mol. The Hall–Kier alpha value is -2.34. The Kier molecular flexibility index (Phi) is 18.6. The van der Waals surface area contributed by atoms with Crippen LogP contribution in [-0.2, 0) is 24.0 Å². The minimum Gasteiger partial charge on any atom is -0.391 e. The van der Waals surface area contributed by atoms with E-state index in [2.05, 4.69) is 26.6 Å². The van der Waals surface area contributed by atoms with Gasteiger partial charge in [0.1, 0.15) is 18.1 Å². The zero-order valence-electron chi connectivity index (χ0n) is 28.2. The minimum absolute atomic E-state index is 0.143. The normalized spacial score (nSPS) is 19.9. The SMILES string of the molecule is CCCCNC(=O)[C@H](C)NC(=O)[C@@H]1CCC[C@H]1[C@H](O)[C@H](CC(C)C)NC(=O)[C@H](CCSC)NC(=O)[C@H](CC(C)C)NC(C)=O. The second kappa shape index (κ2) is 20.6. The minimum atomic E-state index is -0.988. The molecule has 6 N–H and O–H groups in total. The van der Waals surface area contributed by atoms with Crippen LogP contribution in [0.5, 0.6) is 0 Å². The first-order valence-corrected chi connectivity index (χ1v) is 17.7. The molecule has 0 saturated heterocycles. The number of hydrogen-bond donors (Lipinski definition) is 6. The molecule has 0 heterocycles. The van der Waals surface area contributed by atoms with Crippen LogP contribution in [0.3, 0.4) is 0 Å². The van der Waals surface area contributed by atoms with Crippen molar-refractivity contribution in [1.82, 2.24) is 26.6 Å². The van der Waals surface area contributed by atoms with E-state index < -0.39 is 48.0 Å². The molecule has 1 aliphatic rings. The number of carbonyl (C=O) groups is 5. The number of carbonyl (C=O) groups excluding carboxylic acids is 5. The Morgan fingerprint density at radius 1 is 0.841 bits per heavy atom. The highest BCUT2D eigenvalue weighted by Gasteiger charge is 2.42. The van der Waals surface area contributed by atoms with Gasteiger partial charge in [-0.15, -0.1) is 0 Å². The van der Waals surface area contributed by atoms with Crippen LogP contribution in [0.25, 0.3) is 0 Å². The van der Waals surface area contributed by atoms with Crippen LogP contribution in [0.15, 0.2) is 0 Å². The van der Waals surface area contributed by atoms with Crippen molar-refractivity contribution in [3.8, 4) is 0 Å². The summed E-state index contributed by atoms with van der Waals surface area (Å²) in [6.07, 6.45) is 6.02. The second-order valence-corrected chi connectivity index (χ2v) is 14.0. The summed E-state index contributed by atoms with van der Waals surface area (Å²) in [5.41, 5.74) is 0. The van der Waals surface area contributed by atoms with Gasteiger partial charge in [0.05, 0.1) is 12.1 Å². The number of thioether (sulfide) groups is 1. The molecule has 44 heavy (non-hydrogen) atoms. The van der Waals surface area contributed by atoms with Crippen LogP contribution in [0, 0.1) is 23.7 Å².